The van der Waals surface area contributed by atoms with Gasteiger partial charge in [0, 0.05) is 31.6 Å². The molecule has 43 heavy (non-hydrogen) atoms. The van der Waals surface area contributed by atoms with Gasteiger partial charge in [0.15, 0.2) is 0 Å². The van der Waals surface area contributed by atoms with E-state index < -0.39 is 30.0 Å². The van der Waals surface area contributed by atoms with Gasteiger partial charge in [0.05, 0.1) is 0 Å². The lowest BCUT2D eigenvalue weighted by atomic mass is 9.90. The summed E-state index contributed by atoms with van der Waals surface area (Å²) in [6.45, 7) is 14.2. The van der Waals surface area contributed by atoms with Crippen molar-refractivity contribution < 1.29 is 28.7 Å². The van der Waals surface area contributed by atoms with Crippen molar-refractivity contribution in [3.63, 3.8) is 0 Å². The Balaban J connectivity index is 2.42. The van der Waals surface area contributed by atoms with Gasteiger partial charge in [-0.05, 0) is 48.8 Å². The summed E-state index contributed by atoms with van der Waals surface area (Å²) in [6.07, 6.45) is 4.90. The van der Waals surface area contributed by atoms with Crippen molar-refractivity contribution in [1.29, 1.82) is 0 Å². The van der Waals surface area contributed by atoms with Gasteiger partial charge in [0.1, 0.15) is 18.7 Å². The van der Waals surface area contributed by atoms with Gasteiger partial charge in [-0.1, -0.05) is 72.9 Å². The molecule has 11 nitrogen and oxygen atoms in total. The van der Waals surface area contributed by atoms with Crippen molar-refractivity contribution in [2.45, 2.75) is 112 Å². The normalized spacial score (nSPS) is 12.6. The first-order valence-corrected chi connectivity index (χ1v) is 15.4. The number of benzene rings is 1. The average molecular weight is 604 g/mol. The predicted octanol–water partition coefficient (Wildman–Crippen LogP) is 4.41. The highest BCUT2D eigenvalue weighted by Gasteiger charge is 2.27. The molecular weight excluding hydrogens is 550 g/mol. The number of unbranched alkanes of at least 4 members (excludes halogenated alkanes) is 3. The van der Waals surface area contributed by atoms with Crippen molar-refractivity contribution in [2.75, 3.05) is 18.4 Å². The molecule has 0 spiro atoms. The van der Waals surface area contributed by atoms with E-state index in [1.807, 2.05) is 13.8 Å². The average Bonchev–Trinajstić information content (AvgIpc) is 2.94. The molecule has 0 fully saturated rings. The maximum Gasteiger partial charge on any atom is 0.407 e. The third kappa shape index (κ3) is 17.2. The SMILES string of the molecule is CCCCCCC(=O)N[C@H](C(=O)N[C@@H](C)C(=O)Nc1ccc(COC(=O)NCCNC(=O)CCC(C)(C)C)cc1)C(C)C. The number of amides is 5. The summed E-state index contributed by atoms with van der Waals surface area (Å²) in [7, 11) is 0. The number of carbonyl (C=O) groups is 5. The van der Waals surface area contributed by atoms with Crippen LogP contribution in [0.15, 0.2) is 24.3 Å². The third-order valence-electron chi connectivity index (χ3n) is 6.69. The van der Waals surface area contributed by atoms with Crippen LogP contribution < -0.4 is 26.6 Å². The van der Waals surface area contributed by atoms with Crippen molar-refractivity contribution in [3.05, 3.63) is 29.8 Å². The number of alkyl carbamates (subject to hydrolysis) is 1. The van der Waals surface area contributed by atoms with Gasteiger partial charge >= 0.3 is 6.09 Å². The fraction of sp³-hybridized carbons (Fsp3) is 0.656. The second-order valence-electron chi connectivity index (χ2n) is 12.4. The van der Waals surface area contributed by atoms with E-state index in [9.17, 15) is 24.0 Å². The van der Waals surface area contributed by atoms with Gasteiger partial charge in [0.25, 0.3) is 0 Å². The zero-order valence-electron chi connectivity index (χ0n) is 27.1. The van der Waals surface area contributed by atoms with E-state index in [0.717, 1.165) is 37.7 Å². The molecule has 0 saturated heterocycles. The topological polar surface area (TPSA) is 155 Å². The molecule has 2 atom stereocenters. The molecular formula is C32H53N5O6. The first-order valence-electron chi connectivity index (χ1n) is 15.4. The molecule has 0 radical (unpaired) electrons. The van der Waals surface area contributed by atoms with E-state index >= 15 is 0 Å². The summed E-state index contributed by atoms with van der Waals surface area (Å²) in [4.78, 5) is 61.6. The maximum atomic E-state index is 12.8. The quantitative estimate of drug-likeness (QED) is 0.157. The van der Waals surface area contributed by atoms with Gasteiger partial charge in [-0.25, -0.2) is 4.79 Å². The van der Waals surface area contributed by atoms with Gasteiger partial charge in [-0.15, -0.1) is 0 Å². The highest BCUT2D eigenvalue weighted by molar-refractivity contribution is 5.98. The predicted molar refractivity (Wildman–Crippen MR) is 168 cm³/mol. The molecule has 0 aliphatic heterocycles. The van der Waals surface area contributed by atoms with E-state index in [1.165, 1.54) is 0 Å². The molecule has 5 N–H and O–H groups in total. The van der Waals surface area contributed by atoms with E-state index in [0.29, 0.717) is 25.1 Å². The minimum Gasteiger partial charge on any atom is -0.445 e. The van der Waals surface area contributed by atoms with Crippen LogP contribution in [0, 0.1) is 11.3 Å². The number of rotatable bonds is 18. The van der Waals surface area contributed by atoms with Crippen LogP contribution in [0.5, 0.6) is 0 Å². The van der Waals surface area contributed by atoms with Gasteiger partial charge in [-0.2, -0.15) is 0 Å². The molecule has 5 amide bonds. The van der Waals surface area contributed by atoms with Crippen LogP contribution >= 0.6 is 0 Å². The van der Waals surface area contributed by atoms with Crippen LogP contribution in [0.25, 0.3) is 0 Å². The van der Waals surface area contributed by atoms with E-state index in [4.69, 9.17) is 4.74 Å². The Morgan fingerprint density at radius 2 is 1.44 bits per heavy atom. The summed E-state index contributed by atoms with van der Waals surface area (Å²) < 4.78 is 5.20. The minimum atomic E-state index is -0.829. The van der Waals surface area contributed by atoms with E-state index in [-0.39, 0.29) is 36.3 Å². The van der Waals surface area contributed by atoms with Crippen molar-refractivity contribution in [1.82, 2.24) is 21.3 Å². The molecule has 1 rings (SSSR count). The molecule has 0 aromatic heterocycles. The molecule has 1 aromatic carbocycles. The molecule has 0 aliphatic rings. The van der Waals surface area contributed by atoms with Crippen molar-refractivity contribution in [2.24, 2.45) is 11.3 Å². The minimum absolute atomic E-state index is 0.0331. The number of hydrogen-bond donors (Lipinski definition) is 5. The van der Waals surface area contributed by atoms with Crippen LogP contribution in [0.3, 0.4) is 0 Å². The molecule has 0 saturated carbocycles. The molecule has 0 unspecified atom stereocenters. The number of ether oxygens (including phenoxy) is 1. The zero-order chi connectivity index (χ0) is 32.4. The second-order valence-corrected chi connectivity index (χ2v) is 12.4. The van der Waals surface area contributed by atoms with Crippen LogP contribution in [0.1, 0.15) is 99.0 Å². The largest absolute Gasteiger partial charge is 0.445 e. The molecule has 0 bridgehead atoms. The number of hydrogen-bond acceptors (Lipinski definition) is 6. The number of carbonyl (C=O) groups excluding carboxylic acids is 5. The highest BCUT2D eigenvalue weighted by atomic mass is 16.5. The molecule has 0 heterocycles. The lowest BCUT2D eigenvalue weighted by molar-refractivity contribution is -0.131. The fourth-order valence-corrected chi connectivity index (χ4v) is 3.94. The Labute approximate surface area is 257 Å². The number of nitrogens with one attached hydrogen (secondary N) is 5. The zero-order valence-corrected chi connectivity index (χ0v) is 27.1. The van der Waals surface area contributed by atoms with E-state index in [1.54, 1.807) is 31.2 Å². The first-order chi connectivity index (χ1) is 20.2. The Bertz CT molecular complexity index is 1040. The Hall–Kier alpha value is -3.63. The second kappa shape index (κ2) is 19.5. The third-order valence-corrected chi connectivity index (χ3v) is 6.69. The van der Waals surface area contributed by atoms with Gasteiger partial charge in [-0.3, -0.25) is 19.2 Å². The molecule has 1 aromatic rings. The standard InChI is InChI=1S/C32H53N5O6/c1-8-9-10-11-12-27(39)37-28(22(2)3)30(41)35-23(4)29(40)36-25-15-13-24(14-16-25)21-43-31(42)34-20-19-33-26(38)17-18-32(5,6)7/h13-16,22-23,28H,8-12,17-21H2,1-7H3,(H,33,38)(H,34,42)(H,35,41)(H,36,40)(H,37,39)/t23-,28-/m0/s1. The number of anilines is 1. The Kier molecular flexibility index (Phi) is 17.0. The smallest absolute Gasteiger partial charge is 0.407 e. The maximum absolute atomic E-state index is 12.8. The molecule has 11 heteroatoms. The first kappa shape index (κ1) is 37.4. The van der Waals surface area contributed by atoms with Gasteiger partial charge < -0.3 is 31.3 Å². The summed E-state index contributed by atoms with van der Waals surface area (Å²) in [6, 6.07) is 5.21. The fourth-order valence-electron chi connectivity index (χ4n) is 3.94. The van der Waals surface area contributed by atoms with Gasteiger partial charge in [0.2, 0.25) is 23.6 Å². The lowest BCUT2D eigenvalue weighted by Crippen LogP contribution is -2.53. The van der Waals surface area contributed by atoms with Crippen LogP contribution in [0.2, 0.25) is 0 Å². The summed E-state index contributed by atoms with van der Waals surface area (Å²) in [5, 5.41) is 13.6. The van der Waals surface area contributed by atoms with E-state index in [2.05, 4.69) is 54.3 Å². The molecule has 0 aliphatic carbocycles. The van der Waals surface area contributed by atoms with Crippen LogP contribution in [-0.4, -0.2) is 54.9 Å². The molecule has 242 valence electrons. The van der Waals surface area contributed by atoms with Crippen LogP contribution in [-0.2, 0) is 30.5 Å². The monoisotopic (exact) mass is 603 g/mol. The summed E-state index contributed by atoms with van der Waals surface area (Å²) in [5.74, 6) is -1.18. The lowest BCUT2D eigenvalue weighted by Gasteiger charge is -2.24. The van der Waals surface area contributed by atoms with Crippen molar-refractivity contribution in [3.8, 4) is 0 Å². The highest BCUT2D eigenvalue weighted by Crippen LogP contribution is 2.20. The summed E-state index contributed by atoms with van der Waals surface area (Å²) in [5.41, 5.74) is 1.32. The Morgan fingerprint density at radius 1 is 0.791 bits per heavy atom. The van der Waals surface area contributed by atoms with Crippen LogP contribution in [0.4, 0.5) is 10.5 Å². The van der Waals surface area contributed by atoms with Crippen molar-refractivity contribution >= 4 is 35.4 Å². The Morgan fingerprint density at radius 3 is 2.05 bits per heavy atom. The summed E-state index contributed by atoms with van der Waals surface area (Å²) >= 11 is 0.